The van der Waals surface area contributed by atoms with Gasteiger partial charge in [-0.2, -0.15) is 0 Å². The summed E-state index contributed by atoms with van der Waals surface area (Å²) >= 11 is 1.70. The smallest absolute Gasteiger partial charge is 0.227 e. The molecule has 0 N–H and O–H groups in total. The standard InChI is InChI=1S/C17H14N2OS/c20-16-10-12(11-19(16)13-6-2-1-3-7-13)17-18-14-8-4-5-9-15(14)21-17/h1-9,12H,10-11H2. The van der Waals surface area contributed by atoms with Crippen LogP contribution in [0.5, 0.6) is 0 Å². The van der Waals surface area contributed by atoms with Crippen molar-refractivity contribution in [3.05, 3.63) is 59.6 Å². The lowest BCUT2D eigenvalue weighted by Crippen LogP contribution is -2.24. The molecule has 4 rings (SSSR count). The third-order valence-electron chi connectivity index (χ3n) is 3.85. The Morgan fingerprint density at radius 2 is 1.81 bits per heavy atom. The molecule has 0 bridgehead atoms. The Labute approximate surface area is 126 Å². The normalized spacial score (nSPS) is 18.6. The highest BCUT2D eigenvalue weighted by Gasteiger charge is 2.33. The Balaban J connectivity index is 1.64. The molecule has 4 heteroatoms. The molecule has 1 amide bonds. The van der Waals surface area contributed by atoms with Crippen LogP contribution < -0.4 is 4.90 Å². The second-order valence-electron chi connectivity index (χ2n) is 5.26. The van der Waals surface area contributed by atoms with Gasteiger partial charge < -0.3 is 4.90 Å². The van der Waals surface area contributed by atoms with E-state index in [1.807, 2.05) is 53.4 Å². The number of anilines is 1. The lowest BCUT2D eigenvalue weighted by atomic mass is 10.1. The second kappa shape index (κ2) is 4.97. The number of hydrogen-bond acceptors (Lipinski definition) is 3. The molecule has 0 saturated carbocycles. The molecule has 0 radical (unpaired) electrons. The summed E-state index contributed by atoms with van der Waals surface area (Å²) in [4.78, 5) is 18.8. The van der Waals surface area contributed by atoms with Gasteiger partial charge in [0.15, 0.2) is 0 Å². The van der Waals surface area contributed by atoms with Crippen molar-refractivity contribution in [2.45, 2.75) is 12.3 Å². The van der Waals surface area contributed by atoms with E-state index in [1.165, 1.54) is 4.70 Å². The Bertz CT molecular complexity index is 764. The molecule has 1 atom stereocenters. The number of carbonyl (C=O) groups excluding carboxylic acids is 1. The third kappa shape index (κ3) is 2.21. The fourth-order valence-electron chi connectivity index (χ4n) is 2.80. The molecular weight excluding hydrogens is 280 g/mol. The quantitative estimate of drug-likeness (QED) is 0.720. The van der Waals surface area contributed by atoms with Gasteiger partial charge in [0.1, 0.15) is 0 Å². The van der Waals surface area contributed by atoms with Gasteiger partial charge in [-0.3, -0.25) is 4.79 Å². The van der Waals surface area contributed by atoms with Crippen LogP contribution in [0.3, 0.4) is 0 Å². The average molecular weight is 294 g/mol. The number of hydrogen-bond donors (Lipinski definition) is 0. The van der Waals surface area contributed by atoms with Gasteiger partial charge >= 0.3 is 0 Å². The molecule has 104 valence electrons. The average Bonchev–Trinajstić information content (AvgIpc) is 3.11. The second-order valence-corrected chi connectivity index (χ2v) is 6.32. The minimum absolute atomic E-state index is 0.186. The number of thiazole rings is 1. The number of fused-ring (bicyclic) bond motifs is 1. The molecule has 1 unspecified atom stereocenters. The number of amides is 1. The molecule has 1 fully saturated rings. The molecule has 3 aromatic rings. The van der Waals surface area contributed by atoms with Crippen molar-refractivity contribution in [2.24, 2.45) is 0 Å². The highest BCUT2D eigenvalue weighted by molar-refractivity contribution is 7.18. The van der Waals surface area contributed by atoms with Crippen LogP contribution in [0, 0.1) is 0 Å². The Morgan fingerprint density at radius 3 is 2.62 bits per heavy atom. The van der Waals surface area contributed by atoms with Crippen molar-refractivity contribution in [3.8, 4) is 0 Å². The first-order chi connectivity index (χ1) is 10.3. The zero-order valence-corrected chi connectivity index (χ0v) is 12.2. The summed E-state index contributed by atoms with van der Waals surface area (Å²) < 4.78 is 1.19. The fraction of sp³-hybridized carbons (Fsp3) is 0.176. The van der Waals surface area contributed by atoms with Gasteiger partial charge in [0.25, 0.3) is 0 Å². The van der Waals surface area contributed by atoms with E-state index in [4.69, 9.17) is 4.98 Å². The fourth-order valence-corrected chi connectivity index (χ4v) is 3.85. The number of rotatable bonds is 2. The van der Waals surface area contributed by atoms with Gasteiger partial charge in [-0.25, -0.2) is 4.98 Å². The van der Waals surface area contributed by atoms with E-state index in [1.54, 1.807) is 11.3 Å². The summed E-state index contributed by atoms with van der Waals surface area (Å²) in [5.74, 6) is 0.389. The maximum Gasteiger partial charge on any atom is 0.227 e. The first kappa shape index (κ1) is 12.5. The molecule has 3 nitrogen and oxygen atoms in total. The van der Waals surface area contributed by atoms with Crippen molar-refractivity contribution >= 4 is 33.1 Å². The first-order valence-electron chi connectivity index (χ1n) is 7.02. The summed E-state index contributed by atoms with van der Waals surface area (Å²) in [5, 5.41) is 1.07. The predicted octanol–water partition coefficient (Wildman–Crippen LogP) is 3.82. The Morgan fingerprint density at radius 1 is 1.05 bits per heavy atom. The van der Waals surface area contributed by atoms with E-state index in [9.17, 15) is 4.79 Å². The van der Waals surface area contributed by atoms with E-state index in [-0.39, 0.29) is 11.8 Å². The summed E-state index contributed by atoms with van der Waals surface area (Å²) in [7, 11) is 0. The number of benzene rings is 2. The van der Waals surface area contributed by atoms with Gasteiger partial charge in [0.2, 0.25) is 5.91 Å². The molecule has 2 aromatic carbocycles. The highest BCUT2D eigenvalue weighted by atomic mass is 32.1. The number of nitrogens with zero attached hydrogens (tertiary/aromatic N) is 2. The van der Waals surface area contributed by atoms with Crippen molar-refractivity contribution in [3.63, 3.8) is 0 Å². The minimum Gasteiger partial charge on any atom is -0.312 e. The first-order valence-corrected chi connectivity index (χ1v) is 7.84. The third-order valence-corrected chi connectivity index (χ3v) is 5.05. The van der Waals surface area contributed by atoms with Crippen molar-refractivity contribution in [1.82, 2.24) is 4.98 Å². The van der Waals surface area contributed by atoms with Crippen LogP contribution in [0.25, 0.3) is 10.2 Å². The topological polar surface area (TPSA) is 33.2 Å². The number of aromatic nitrogens is 1. The largest absolute Gasteiger partial charge is 0.312 e. The zero-order chi connectivity index (χ0) is 14.2. The summed E-state index contributed by atoms with van der Waals surface area (Å²) in [6, 6.07) is 18.0. The molecule has 1 aliphatic rings. The monoisotopic (exact) mass is 294 g/mol. The maximum atomic E-state index is 12.3. The van der Waals surface area contributed by atoms with E-state index < -0.39 is 0 Å². The Hall–Kier alpha value is -2.20. The highest BCUT2D eigenvalue weighted by Crippen LogP contribution is 2.35. The van der Waals surface area contributed by atoms with Gasteiger partial charge in [-0.1, -0.05) is 30.3 Å². The van der Waals surface area contributed by atoms with Crippen LogP contribution in [0.1, 0.15) is 17.3 Å². The van der Waals surface area contributed by atoms with E-state index in [2.05, 4.69) is 6.07 Å². The lowest BCUT2D eigenvalue weighted by molar-refractivity contribution is -0.117. The van der Waals surface area contributed by atoms with Crippen LogP contribution in [-0.2, 0) is 4.79 Å². The molecular formula is C17H14N2OS. The van der Waals surface area contributed by atoms with Gasteiger partial charge in [0, 0.05) is 24.6 Å². The van der Waals surface area contributed by atoms with E-state index >= 15 is 0 Å². The van der Waals surface area contributed by atoms with Crippen LogP contribution in [0.4, 0.5) is 5.69 Å². The summed E-state index contributed by atoms with van der Waals surface area (Å²) in [6.07, 6.45) is 0.550. The molecule has 0 aliphatic carbocycles. The SMILES string of the molecule is O=C1CC(c2nc3ccccc3s2)CN1c1ccccc1. The minimum atomic E-state index is 0.186. The zero-order valence-electron chi connectivity index (χ0n) is 11.4. The maximum absolute atomic E-state index is 12.3. The molecule has 21 heavy (non-hydrogen) atoms. The van der Waals surface area contributed by atoms with Crippen molar-refractivity contribution in [2.75, 3.05) is 11.4 Å². The van der Waals surface area contributed by atoms with Gasteiger partial charge in [-0.05, 0) is 24.3 Å². The van der Waals surface area contributed by atoms with Crippen LogP contribution in [-0.4, -0.2) is 17.4 Å². The predicted molar refractivity (Wildman–Crippen MR) is 85.8 cm³/mol. The Kier molecular flexibility index (Phi) is 2.97. The van der Waals surface area contributed by atoms with E-state index in [0.29, 0.717) is 6.42 Å². The van der Waals surface area contributed by atoms with Crippen LogP contribution in [0.15, 0.2) is 54.6 Å². The number of para-hydroxylation sites is 2. The number of carbonyl (C=O) groups is 1. The molecule has 1 aliphatic heterocycles. The van der Waals surface area contributed by atoms with Gasteiger partial charge in [-0.15, -0.1) is 11.3 Å². The molecule has 0 spiro atoms. The molecule has 1 aromatic heterocycles. The summed E-state index contributed by atoms with van der Waals surface area (Å²) in [5.41, 5.74) is 2.01. The van der Waals surface area contributed by atoms with Gasteiger partial charge in [0.05, 0.1) is 15.2 Å². The van der Waals surface area contributed by atoms with Crippen molar-refractivity contribution in [1.29, 1.82) is 0 Å². The lowest BCUT2D eigenvalue weighted by Gasteiger charge is -2.15. The van der Waals surface area contributed by atoms with Crippen LogP contribution >= 0.6 is 11.3 Å². The molecule has 2 heterocycles. The van der Waals surface area contributed by atoms with E-state index in [0.717, 1.165) is 22.8 Å². The summed E-state index contributed by atoms with van der Waals surface area (Å²) in [6.45, 7) is 0.725. The van der Waals surface area contributed by atoms with Crippen LogP contribution in [0.2, 0.25) is 0 Å². The molecule has 1 saturated heterocycles. The van der Waals surface area contributed by atoms with Crippen molar-refractivity contribution < 1.29 is 4.79 Å².